The number of esters is 4. The molecule has 1 aliphatic rings. The van der Waals surface area contributed by atoms with Crippen molar-refractivity contribution in [3.63, 3.8) is 0 Å². The molecular weight excluding hydrogens is 736 g/mol. The van der Waals surface area contributed by atoms with Crippen LogP contribution >= 0.6 is 15.6 Å². The minimum absolute atomic E-state index is 0.00455. The summed E-state index contributed by atoms with van der Waals surface area (Å²) in [5.74, 6) is -5.05. The molecule has 0 aromatic carbocycles. The van der Waals surface area contributed by atoms with Crippen LogP contribution < -0.4 is 5.73 Å². The fraction of sp³-hybridized carbons (Fsp3) is 0.640. The number of hydrogen-bond donors (Lipinski definition) is 6. The number of fused-ring (bicyclic) bond motifs is 1. The van der Waals surface area contributed by atoms with E-state index in [-0.39, 0.29) is 17.0 Å². The average molecular weight is 774 g/mol. The summed E-state index contributed by atoms with van der Waals surface area (Å²) in [6, 6.07) is 0. The van der Waals surface area contributed by atoms with Crippen LogP contribution in [0.2, 0.25) is 0 Å². The molecule has 0 aliphatic carbocycles. The number of aliphatic hydroxyl groups is 3. The highest BCUT2D eigenvalue weighted by atomic mass is 31.3. The van der Waals surface area contributed by atoms with Crippen molar-refractivity contribution in [3.05, 3.63) is 12.7 Å². The first-order valence-corrected chi connectivity index (χ1v) is 17.6. The predicted molar refractivity (Wildman–Crippen MR) is 162 cm³/mol. The lowest BCUT2D eigenvalue weighted by atomic mass is 9.95. The van der Waals surface area contributed by atoms with Gasteiger partial charge in [0.1, 0.15) is 36.3 Å². The van der Waals surface area contributed by atoms with Crippen LogP contribution in [0, 0.1) is 5.92 Å². The molecule has 1 aliphatic heterocycles. The Balaban J connectivity index is 1.76. The van der Waals surface area contributed by atoms with Crippen molar-refractivity contribution in [2.75, 3.05) is 18.9 Å². The zero-order chi connectivity index (χ0) is 38.4. The number of phosphoric acid groups is 2. The van der Waals surface area contributed by atoms with Gasteiger partial charge in [-0.05, 0) is 0 Å². The molecule has 11 unspecified atom stereocenters. The van der Waals surface area contributed by atoms with E-state index in [1.54, 1.807) is 0 Å². The Morgan fingerprint density at radius 3 is 2.08 bits per heavy atom. The predicted octanol–water partition coefficient (Wildman–Crippen LogP) is -1.41. The molecule has 0 radical (unpaired) electrons. The highest BCUT2D eigenvalue weighted by Gasteiger charge is 2.49. The van der Waals surface area contributed by atoms with Crippen molar-refractivity contribution in [3.8, 4) is 0 Å². The van der Waals surface area contributed by atoms with Gasteiger partial charge in [-0.25, -0.2) is 24.1 Å². The Morgan fingerprint density at radius 1 is 0.902 bits per heavy atom. The fourth-order valence-corrected chi connectivity index (χ4v) is 6.84. The molecule has 11 atom stereocenters. The normalized spacial score (nSPS) is 24.3. The Bertz CT molecular complexity index is 1680. The van der Waals surface area contributed by atoms with Gasteiger partial charge in [0.15, 0.2) is 29.9 Å². The smallest absolute Gasteiger partial charge is 0.465 e. The lowest BCUT2D eigenvalue weighted by Crippen LogP contribution is -2.53. The third-order valence-electron chi connectivity index (χ3n) is 6.79. The van der Waals surface area contributed by atoms with Gasteiger partial charge in [0.05, 0.1) is 19.5 Å². The van der Waals surface area contributed by atoms with Crippen molar-refractivity contribution in [1.29, 1.82) is 0 Å². The average Bonchev–Trinajstić information content (AvgIpc) is 3.55. The van der Waals surface area contributed by atoms with Gasteiger partial charge in [-0.15, -0.1) is 0 Å². The number of nitrogen functional groups attached to an aromatic ring is 1. The summed E-state index contributed by atoms with van der Waals surface area (Å²) in [5.41, 5.74) is 6.00. The maximum Gasteiger partial charge on any atom is 0.483 e. The first-order valence-electron chi connectivity index (χ1n) is 14.6. The number of nitrogens with two attached hydrogens (primary N) is 1. The van der Waals surface area contributed by atoms with Gasteiger partial charge in [-0.1, -0.05) is 6.92 Å². The molecule has 7 N–H and O–H groups in total. The van der Waals surface area contributed by atoms with E-state index in [1.807, 2.05) is 0 Å². The molecule has 0 saturated carbocycles. The summed E-state index contributed by atoms with van der Waals surface area (Å²) in [7, 11) is -11.6. The SMILES string of the molecule is CC(=O)OCC(C)C(OC(C)=O)C(OC(C)=O)C(OC(C)=O)C(O)OP(=O)(O)OP(=O)(O)OCC1OC(n2cnc3c(N)ncnc32)C(O)C1O. The largest absolute Gasteiger partial charge is 0.483 e. The van der Waals surface area contributed by atoms with E-state index < -0.39 is 108 Å². The van der Waals surface area contributed by atoms with Crippen LogP contribution in [-0.2, 0) is 65.4 Å². The van der Waals surface area contributed by atoms with Gasteiger partial charge >= 0.3 is 39.5 Å². The molecule has 3 rings (SSSR count). The highest BCUT2D eigenvalue weighted by molar-refractivity contribution is 7.61. The van der Waals surface area contributed by atoms with Gasteiger partial charge in [0.2, 0.25) is 6.29 Å². The molecule has 51 heavy (non-hydrogen) atoms. The van der Waals surface area contributed by atoms with E-state index in [2.05, 4.69) is 28.3 Å². The lowest BCUT2D eigenvalue weighted by Gasteiger charge is -2.36. The summed E-state index contributed by atoms with van der Waals surface area (Å²) in [6.45, 7) is 3.55. The number of hydrogen-bond acceptors (Lipinski definition) is 21. The van der Waals surface area contributed by atoms with Crippen LogP contribution in [-0.4, -0.2) is 125 Å². The maximum absolute atomic E-state index is 12.8. The van der Waals surface area contributed by atoms with Crippen molar-refractivity contribution >= 4 is 56.5 Å². The number of anilines is 1. The summed E-state index contributed by atoms with van der Waals surface area (Å²) in [4.78, 5) is 79.5. The Hall–Kier alpha value is -3.67. The van der Waals surface area contributed by atoms with Crippen LogP contribution in [0.15, 0.2) is 12.7 Å². The van der Waals surface area contributed by atoms with Crippen molar-refractivity contribution in [1.82, 2.24) is 19.5 Å². The summed E-state index contributed by atoms with van der Waals surface area (Å²) in [5, 5.41) is 31.9. The Kier molecular flexibility index (Phi) is 14.1. The molecule has 0 spiro atoms. The number of nitrogens with zero attached hydrogens (tertiary/aromatic N) is 4. The van der Waals surface area contributed by atoms with Crippen molar-refractivity contribution in [2.24, 2.45) is 5.92 Å². The second-order valence-electron chi connectivity index (χ2n) is 10.9. The first kappa shape index (κ1) is 41.7. The molecule has 3 heterocycles. The Morgan fingerprint density at radius 2 is 1.49 bits per heavy atom. The van der Waals surface area contributed by atoms with E-state index >= 15 is 0 Å². The number of carbonyl (C=O) groups excluding carboxylic acids is 4. The number of aromatic nitrogens is 4. The van der Waals surface area contributed by atoms with Crippen LogP contribution in [0.4, 0.5) is 5.82 Å². The molecule has 286 valence electrons. The molecule has 1 fully saturated rings. The molecule has 1 saturated heterocycles. The number of rotatable bonds is 17. The molecule has 0 bridgehead atoms. The molecular formula is C25H37N5O19P2. The van der Waals surface area contributed by atoms with Gasteiger partial charge < -0.3 is 54.5 Å². The number of ether oxygens (including phenoxy) is 5. The van der Waals surface area contributed by atoms with Gasteiger partial charge in [-0.2, -0.15) is 4.31 Å². The Labute approximate surface area is 287 Å². The van der Waals surface area contributed by atoms with E-state index in [9.17, 15) is 53.4 Å². The number of carbonyl (C=O) groups is 4. The van der Waals surface area contributed by atoms with E-state index in [1.165, 1.54) is 17.8 Å². The molecule has 2 aromatic rings. The highest BCUT2D eigenvalue weighted by Crippen LogP contribution is 2.61. The van der Waals surface area contributed by atoms with E-state index in [0.717, 1.165) is 34.0 Å². The van der Waals surface area contributed by atoms with Crippen LogP contribution in [0.3, 0.4) is 0 Å². The van der Waals surface area contributed by atoms with Crippen LogP contribution in [0.1, 0.15) is 40.8 Å². The molecule has 26 heteroatoms. The second-order valence-corrected chi connectivity index (χ2v) is 13.9. The monoisotopic (exact) mass is 773 g/mol. The fourth-order valence-electron chi connectivity index (χ4n) is 4.72. The summed E-state index contributed by atoms with van der Waals surface area (Å²) >= 11 is 0. The lowest BCUT2D eigenvalue weighted by molar-refractivity contribution is -0.218. The molecule has 0 amide bonds. The minimum atomic E-state index is -5.91. The number of imidazole rings is 1. The third-order valence-corrected chi connectivity index (χ3v) is 9.40. The molecule has 24 nitrogen and oxygen atoms in total. The summed E-state index contributed by atoms with van der Waals surface area (Å²) in [6.07, 6.45) is -12.9. The van der Waals surface area contributed by atoms with Crippen LogP contribution in [0.25, 0.3) is 11.2 Å². The van der Waals surface area contributed by atoms with E-state index in [0.29, 0.717) is 0 Å². The zero-order valence-electron chi connectivity index (χ0n) is 27.5. The standard InChI is InChI=1S/C25H37N5O19P2/c1-10(6-42-11(2)31)19(44-12(3)32)20(45-13(4)33)21(46-14(5)34)25(37)48-51(40,41)49-50(38,39)43-7-15-17(35)18(36)24(47-15)30-9-29-16-22(26)27-8-28-23(16)30/h8-10,15,17-21,24-25,35-37H,6-7H2,1-5H3,(H,38,39)(H,40,41)(H2,26,27,28). The zero-order valence-corrected chi connectivity index (χ0v) is 29.3. The van der Waals surface area contributed by atoms with Crippen LogP contribution in [0.5, 0.6) is 0 Å². The quantitative estimate of drug-likeness (QED) is 0.0465. The topological polar surface area (TPSA) is 347 Å². The number of aliphatic hydroxyl groups excluding tert-OH is 3. The van der Waals surface area contributed by atoms with Gasteiger partial charge in [0, 0.05) is 33.6 Å². The molecule has 2 aromatic heterocycles. The van der Waals surface area contributed by atoms with Gasteiger partial charge in [0.25, 0.3) is 0 Å². The second kappa shape index (κ2) is 17.2. The third kappa shape index (κ3) is 11.4. The number of phosphoric ester groups is 2. The maximum atomic E-state index is 12.8. The summed E-state index contributed by atoms with van der Waals surface area (Å²) < 4.78 is 65.8. The van der Waals surface area contributed by atoms with E-state index in [4.69, 9.17) is 29.4 Å². The van der Waals surface area contributed by atoms with Gasteiger partial charge in [-0.3, -0.25) is 32.8 Å². The van der Waals surface area contributed by atoms with Crippen molar-refractivity contribution < 1.29 is 90.5 Å². The minimum Gasteiger partial charge on any atom is -0.465 e. The van der Waals surface area contributed by atoms with Crippen molar-refractivity contribution in [2.45, 2.75) is 83.8 Å². The first-order chi connectivity index (χ1) is 23.6.